The fraction of sp³-hybridized carbons (Fsp3) is 0.440. The van der Waals surface area contributed by atoms with Crippen LogP contribution in [0.1, 0.15) is 43.9 Å². The van der Waals surface area contributed by atoms with Crippen LogP contribution in [0, 0.1) is 19.8 Å². The van der Waals surface area contributed by atoms with Crippen molar-refractivity contribution in [3.8, 4) is 5.75 Å². The van der Waals surface area contributed by atoms with E-state index in [4.69, 9.17) is 27.9 Å². The summed E-state index contributed by atoms with van der Waals surface area (Å²) in [6.07, 6.45) is 0.456. The Morgan fingerprint density at radius 3 is 2.30 bits per heavy atom. The fourth-order valence-electron chi connectivity index (χ4n) is 3.39. The highest BCUT2D eigenvalue weighted by Gasteiger charge is 2.29. The Kier molecular flexibility index (Phi) is 10.5. The predicted octanol–water partition coefficient (Wildman–Crippen LogP) is 6.33. The third-order valence-corrected chi connectivity index (χ3v) is 7.04. The van der Waals surface area contributed by atoms with Crippen LogP contribution in [0.15, 0.2) is 34.8 Å². The molecule has 2 rings (SSSR count). The molecule has 0 saturated carbocycles. The minimum absolute atomic E-state index is 0.171. The molecule has 0 fully saturated rings. The normalized spacial score (nSPS) is 11.9. The molecule has 0 heterocycles. The highest BCUT2D eigenvalue weighted by atomic mass is 79.9. The van der Waals surface area contributed by atoms with Crippen LogP contribution < -0.4 is 10.1 Å². The highest BCUT2D eigenvalue weighted by molar-refractivity contribution is 9.10. The Morgan fingerprint density at radius 2 is 1.76 bits per heavy atom. The minimum Gasteiger partial charge on any atom is -0.484 e. The molecule has 0 aliphatic carbocycles. The van der Waals surface area contributed by atoms with Crippen molar-refractivity contribution in [2.75, 3.05) is 13.2 Å². The maximum atomic E-state index is 13.3. The molecule has 2 amide bonds. The number of aryl methyl sites for hydroxylation is 2. The van der Waals surface area contributed by atoms with E-state index in [1.807, 2.05) is 46.8 Å². The molecular weight excluding hydrogens is 527 g/mol. The summed E-state index contributed by atoms with van der Waals surface area (Å²) in [6, 6.07) is 8.21. The van der Waals surface area contributed by atoms with Gasteiger partial charge in [-0.2, -0.15) is 0 Å². The molecular formula is C25H31BrCl2N2O3. The smallest absolute Gasteiger partial charge is 0.261 e. The van der Waals surface area contributed by atoms with Crippen LogP contribution in [-0.2, 0) is 16.1 Å². The lowest BCUT2D eigenvalue weighted by molar-refractivity contribution is -0.143. The van der Waals surface area contributed by atoms with Gasteiger partial charge < -0.3 is 15.0 Å². The molecule has 8 heteroatoms. The fourth-order valence-corrected chi connectivity index (χ4v) is 4.09. The summed E-state index contributed by atoms with van der Waals surface area (Å²) in [4.78, 5) is 27.8. The Morgan fingerprint density at radius 1 is 1.12 bits per heavy atom. The number of ether oxygens (including phenoxy) is 1. The number of amides is 2. The number of carbonyl (C=O) groups excluding carboxylic acids is 2. The van der Waals surface area contributed by atoms with Crippen molar-refractivity contribution in [3.63, 3.8) is 0 Å². The first-order chi connectivity index (χ1) is 15.5. The monoisotopic (exact) mass is 556 g/mol. The van der Waals surface area contributed by atoms with E-state index in [-0.39, 0.29) is 25.0 Å². The molecule has 1 atom stereocenters. The van der Waals surface area contributed by atoms with Gasteiger partial charge in [0.25, 0.3) is 5.91 Å². The van der Waals surface area contributed by atoms with Gasteiger partial charge in [0.2, 0.25) is 5.91 Å². The van der Waals surface area contributed by atoms with E-state index in [0.717, 1.165) is 15.6 Å². The molecule has 0 saturated heterocycles. The van der Waals surface area contributed by atoms with E-state index >= 15 is 0 Å². The van der Waals surface area contributed by atoms with Gasteiger partial charge in [-0.15, -0.1) is 0 Å². The van der Waals surface area contributed by atoms with Crippen LogP contribution in [0.5, 0.6) is 5.75 Å². The zero-order valence-corrected chi connectivity index (χ0v) is 22.8. The average Bonchev–Trinajstić information content (AvgIpc) is 2.75. The van der Waals surface area contributed by atoms with Gasteiger partial charge >= 0.3 is 0 Å². The number of halogens is 3. The van der Waals surface area contributed by atoms with Crippen molar-refractivity contribution >= 4 is 50.9 Å². The number of rotatable bonds is 10. The Labute approximate surface area is 214 Å². The predicted molar refractivity (Wildman–Crippen MR) is 138 cm³/mol. The highest BCUT2D eigenvalue weighted by Crippen LogP contribution is 2.27. The van der Waals surface area contributed by atoms with Crippen molar-refractivity contribution < 1.29 is 14.3 Å². The molecule has 0 aliphatic heterocycles. The summed E-state index contributed by atoms with van der Waals surface area (Å²) >= 11 is 15.9. The van der Waals surface area contributed by atoms with E-state index in [0.29, 0.717) is 40.2 Å². The molecule has 0 aliphatic rings. The Bertz CT molecular complexity index is 975. The largest absolute Gasteiger partial charge is 0.484 e. The molecule has 180 valence electrons. The van der Waals surface area contributed by atoms with Crippen LogP contribution in [0.4, 0.5) is 0 Å². The number of hydrogen-bond donors (Lipinski definition) is 1. The third-order valence-electron chi connectivity index (χ3n) is 5.20. The van der Waals surface area contributed by atoms with Crippen molar-refractivity contribution in [3.05, 3.63) is 61.5 Å². The molecule has 0 bridgehead atoms. The zero-order chi connectivity index (χ0) is 24.7. The lowest BCUT2D eigenvalue weighted by Gasteiger charge is -2.31. The minimum atomic E-state index is -0.653. The van der Waals surface area contributed by atoms with Crippen molar-refractivity contribution in [1.29, 1.82) is 0 Å². The number of hydrogen-bond acceptors (Lipinski definition) is 3. The van der Waals surface area contributed by atoms with Crippen molar-refractivity contribution in [2.24, 2.45) is 5.92 Å². The van der Waals surface area contributed by atoms with Crippen LogP contribution in [0.3, 0.4) is 0 Å². The molecule has 1 N–H and O–H groups in total. The molecule has 2 aromatic rings. The first-order valence-corrected chi connectivity index (χ1v) is 12.5. The summed E-state index contributed by atoms with van der Waals surface area (Å²) in [7, 11) is 0. The number of nitrogens with one attached hydrogen (secondary N) is 1. The van der Waals surface area contributed by atoms with Crippen molar-refractivity contribution in [1.82, 2.24) is 10.2 Å². The number of nitrogens with zero attached hydrogens (tertiary/aromatic N) is 1. The van der Waals surface area contributed by atoms with Gasteiger partial charge in [-0.3, -0.25) is 9.59 Å². The number of benzene rings is 2. The molecule has 0 spiro atoms. The number of carbonyl (C=O) groups is 2. The molecule has 5 nitrogen and oxygen atoms in total. The van der Waals surface area contributed by atoms with Gasteiger partial charge in [0.05, 0.1) is 0 Å². The maximum Gasteiger partial charge on any atom is 0.261 e. The molecule has 0 aromatic heterocycles. The Hall–Kier alpha value is -1.76. The lowest BCUT2D eigenvalue weighted by atomic mass is 10.1. The van der Waals surface area contributed by atoms with Crippen LogP contribution in [0.2, 0.25) is 10.0 Å². The summed E-state index contributed by atoms with van der Waals surface area (Å²) in [5.74, 6) is 0.405. The van der Waals surface area contributed by atoms with Crippen LogP contribution >= 0.6 is 39.1 Å². The van der Waals surface area contributed by atoms with E-state index in [1.165, 1.54) is 4.90 Å². The Balaban J connectivity index is 2.27. The quantitative estimate of drug-likeness (QED) is 0.371. The second-order valence-electron chi connectivity index (χ2n) is 8.48. The van der Waals surface area contributed by atoms with Crippen LogP contribution in [0.25, 0.3) is 0 Å². The molecule has 33 heavy (non-hydrogen) atoms. The average molecular weight is 558 g/mol. The first kappa shape index (κ1) is 27.5. The van der Waals surface area contributed by atoms with Gasteiger partial charge in [-0.25, -0.2) is 0 Å². The first-order valence-electron chi connectivity index (χ1n) is 10.9. The van der Waals surface area contributed by atoms with E-state index < -0.39 is 6.04 Å². The van der Waals surface area contributed by atoms with Gasteiger partial charge in [0, 0.05) is 27.6 Å². The van der Waals surface area contributed by atoms with Gasteiger partial charge in [-0.1, -0.05) is 66.0 Å². The van der Waals surface area contributed by atoms with Crippen molar-refractivity contribution in [2.45, 2.75) is 53.6 Å². The summed E-state index contributed by atoms with van der Waals surface area (Å²) in [5, 5.41) is 3.89. The molecule has 1 unspecified atom stereocenters. The summed E-state index contributed by atoms with van der Waals surface area (Å²) < 4.78 is 6.83. The second-order valence-corrected chi connectivity index (χ2v) is 10.1. The molecule has 0 radical (unpaired) electrons. The van der Waals surface area contributed by atoms with Gasteiger partial charge in [0.1, 0.15) is 11.8 Å². The van der Waals surface area contributed by atoms with E-state index in [1.54, 1.807) is 18.2 Å². The van der Waals surface area contributed by atoms with Gasteiger partial charge in [-0.05, 0) is 67.1 Å². The second kappa shape index (κ2) is 12.6. The third kappa shape index (κ3) is 7.90. The summed E-state index contributed by atoms with van der Waals surface area (Å²) in [5.41, 5.74) is 2.74. The SMILES string of the molecule is CCC(C(=O)NCC(C)C)N(Cc1ccc(Cl)cc1Cl)C(=O)COc1cc(C)c(Br)c(C)c1. The standard InChI is InChI=1S/C25H31BrCl2N2O3/c1-6-22(25(32)29-12-15(2)3)30(13-18-7-8-19(27)11-21(18)28)23(31)14-33-20-9-16(4)24(26)17(5)10-20/h7-11,15,22H,6,12-14H2,1-5H3,(H,29,32). The van der Waals surface area contributed by atoms with E-state index in [2.05, 4.69) is 21.2 Å². The van der Waals surface area contributed by atoms with Crippen LogP contribution in [-0.4, -0.2) is 35.9 Å². The topological polar surface area (TPSA) is 58.6 Å². The summed E-state index contributed by atoms with van der Waals surface area (Å²) in [6.45, 7) is 10.4. The van der Waals surface area contributed by atoms with E-state index in [9.17, 15) is 9.59 Å². The lowest BCUT2D eigenvalue weighted by Crippen LogP contribution is -2.50. The molecule has 2 aromatic carbocycles. The zero-order valence-electron chi connectivity index (χ0n) is 19.7. The maximum absolute atomic E-state index is 13.3. The van der Waals surface area contributed by atoms with Gasteiger partial charge in [0.15, 0.2) is 6.61 Å².